The highest BCUT2D eigenvalue weighted by atomic mass is 35.5. The van der Waals surface area contributed by atoms with Crippen molar-refractivity contribution in [3.05, 3.63) is 58.6 Å². The van der Waals surface area contributed by atoms with Gasteiger partial charge >= 0.3 is 0 Å². The second kappa shape index (κ2) is 7.45. The summed E-state index contributed by atoms with van der Waals surface area (Å²) in [5.74, 6) is -0.410. The molecule has 1 amide bonds. The largest absolute Gasteiger partial charge is 0.324 e. The minimum absolute atomic E-state index is 0.384. The van der Waals surface area contributed by atoms with E-state index in [4.69, 9.17) is 11.6 Å². The first-order valence-electron chi connectivity index (χ1n) is 7.72. The van der Waals surface area contributed by atoms with Crippen LogP contribution in [0.4, 0.5) is 11.4 Å². The standard InChI is InChI=1S/C18H21ClN2O3S/c1-12-5-10-17(13(2)11-12)20-18(22)14(3)21(25(4,23)24)16-8-6-15(19)7-9-16/h5-11,14H,1-4H3,(H,20,22). The molecule has 0 fully saturated rings. The van der Waals surface area contributed by atoms with Crippen LogP contribution >= 0.6 is 11.6 Å². The van der Waals surface area contributed by atoms with Gasteiger partial charge in [0.25, 0.3) is 0 Å². The lowest BCUT2D eigenvalue weighted by molar-refractivity contribution is -0.116. The van der Waals surface area contributed by atoms with Gasteiger partial charge in [-0.3, -0.25) is 9.10 Å². The number of aryl methyl sites for hydroxylation is 2. The maximum atomic E-state index is 12.6. The van der Waals surface area contributed by atoms with Crippen molar-refractivity contribution in [1.29, 1.82) is 0 Å². The van der Waals surface area contributed by atoms with E-state index >= 15 is 0 Å². The third-order valence-electron chi connectivity index (χ3n) is 3.81. The van der Waals surface area contributed by atoms with E-state index in [9.17, 15) is 13.2 Å². The van der Waals surface area contributed by atoms with Gasteiger partial charge in [-0.25, -0.2) is 8.42 Å². The topological polar surface area (TPSA) is 66.5 Å². The molecule has 2 rings (SSSR count). The number of nitrogens with zero attached hydrogens (tertiary/aromatic N) is 1. The molecule has 7 heteroatoms. The van der Waals surface area contributed by atoms with Gasteiger partial charge in [0.15, 0.2) is 0 Å². The Balaban J connectivity index is 2.31. The molecule has 0 heterocycles. The van der Waals surface area contributed by atoms with Gasteiger partial charge < -0.3 is 5.32 Å². The quantitative estimate of drug-likeness (QED) is 0.858. The summed E-state index contributed by atoms with van der Waals surface area (Å²) in [5.41, 5.74) is 3.04. The zero-order valence-corrected chi connectivity index (χ0v) is 16.1. The molecule has 1 atom stereocenters. The molecule has 0 bridgehead atoms. The van der Waals surface area contributed by atoms with Crippen molar-refractivity contribution in [3.63, 3.8) is 0 Å². The number of carbonyl (C=O) groups is 1. The molecule has 0 aromatic heterocycles. The molecule has 0 saturated heterocycles. The monoisotopic (exact) mass is 380 g/mol. The highest BCUT2D eigenvalue weighted by molar-refractivity contribution is 7.92. The van der Waals surface area contributed by atoms with Crippen LogP contribution in [0.2, 0.25) is 5.02 Å². The maximum absolute atomic E-state index is 12.6. The highest BCUT2D eigenvalue weighted by Crippen LogP contribution is 2.24. The lowest BCUT2D eigenvalue weighted by Crippen LogP contribution is -2.45. The Hall–Kier alpha value is -2.05. The Labute approximate surface area is 153 Å². The Morgan fingerprint density at radius 1 is 1.12 bits per heavy atom. The van der Waals surface area contributed by atoms with Gasteiger partial charge in [0.2, 0.25) is 15.9 Å². The summed E-state index contributed by atoms with van der Waals surface area (Å²) in [6.07, 6.45) is 1.07. The molecule has 0 aliphatic carbocycles. The Kier molecular flexibility index (Phi) is 5.75. The van der Waals surface area contributed by atoms with E-state index in [1.165, 1.54) is 0 Å². The maximum Gasteiger partial charge on any atom is 0.248 e. The average Bonchev–Trinajstić information content (AvgIpc) is 2.50. The van der Waals surface area contributed by atoms with E-state index in [1.54, 1.807) is 31.2 Å². The predicted octanol–water partition coefficient (Wildman–Crippen LogP) is 3.75. The fourth-order valence-corrected chi connectivity index (χ4v) is 3.89. The summed E-state index contributed by atoms with van der Waals surface area (Å²) in [4.78, 5) is 12.6. The van der Waals surface area contributed by atoms with Crippen molar-refractivity contribution >= 4 is 38.9 Å². The van der Waals surface area contributed by atoms with Crippen LogP contribution in [0.5, 0.6) is 0 Å². The van der Waals surface area contributed by atoms with E-state index in [0.29, 0.717) is 16.4 Å². The molecule has 0 spiro atoms. The first-order valence-corrected chi connectivity index (χ1v) is 9.95. The summed E-state index contributed by atoms with van der Waals surface area (Å²) in [6, 6.07) is 11.1. The Morgan fingerprint density at radius 3 is 2.24 bits per heavy atom. The minimum Gasteiger partial charge on any atom is -0.324 e. The molecular formula is C18H21ClN2O3S. The van der Waals surface area contributed by atoms with E-state index < -0.39 is 22.0 Å². The molecule has 1 unspecified atom stereocenters. The van der Waals surface area contributed by atoms with Crippen molar-refractivity contribution in [1.82, 2.24) is 0 Å². The summed E-state index contributed by atoms with van der Waals surface area (Å²) in [6.45, 7) is 5.41. The van der Waals surface area contributed by atoms with Crippen LogP contribution in [0, 0.1) is 13.8 Å². The van der Waals surface area contributed by atoms with E-state index in [0.717, 1.165) is 21.7 Å². The Morgan fingerprint density at radius 2 is 1.72 bits per heavy atom. The van der Waals surface area contributed by atoms with Crippen LogP contribution in [-0.4, -0.2) is 26.6 Å². The summed E-state index contributed by atoms with van der Waals surface area (Å²) < 4.78 is 25.6. The molecular weight excluding hydrogens is 360 g/mol. The highest BCUT2D eigenvalue weighted by Gasteiger charge is 2.29. The number of hydrogen-bond donors (Lipinski definition) is 1. The van der Waals surface area contributed by atoms with Crippen LogP contribution in [0.25, 0.3) is 0 Å². The fraction of sp³-hybridized carbons (Fsp3) is 0.278. The van der Waals surface area contributed by atoms with E-state index in [-0.39, 0.29) is 0 Å². The third kappa shape index (κ3) is 4.74. The second-order valence-corrected chi connectivity index (χ2v) is 8.31. The first-order chi connectivity index (χ1) is 11.6. The molecule has 0 aliphatic rings. The third-order valence-corrected chi connectivity index (χ3v) is 5.30. The van der Waals surface area contributed by atoms with Gasteiger partial charge in [-0.15, -0.1) is 0 Å². The van der Waals surface area contributed by atoms with Gasteiger partial charge in [-0.05, 0) is 56.7 Å². The number of rotatable bonds is 5. The number of benzene rings is 2. The van der Waals surface area contributed by atoms with Gasteiger partial charge in [0, 0.05) is 10.7 Å². The molecule has 2 aromatic rings. The number of carbonyl (C=O) groups excluding carboxylic acids is 1. The van der Waals surface area contributed by atoms with Crippen molar-refractivity contribution in [3.8, 4) is 0 Å². The summed E-state index contributed by atoms with van der Waals surface area (Å²) in [5, 5.41) is 3.29. The average molecular weight is 381 g/mol. The molecule has 5 nitrogen and oxygen atoms in total. The van der Waals surface area contributed by atoms with Gasteiger partial charge in [-0.2, -0.15) is 0 Å². The minimum atomic E-state index is -3.65. The summed E-state index contributed by atoms with van der Waals surface area (Å²) >= 11 is 5.86. The smallest absolute Gasteiger partial charge is 0.248 e. The van der Waals surface area contributed by atoms with Crippen LogP contribution < -0.4 is 9.62 Å². The normalized spacial score (nSPS) is 12.5. The molecule has 1 N–H and O–H groups in total. The lowest BCUT2D eigenvalue weighted by Gasteiger charge is -2.28. The number of hydrogen-bond acceptors (Lipinski definition) is 3. The Bertz CT molecular complexity index is 880. The fourth-order valence-electron chi connectivity index (χ4n) is 2.59. The molecule has 134 valence electrons. The zero-order chi connectivity index (χ0) is 18.8. The van der Waals surface area contributed by atoms with Crippen LogP contribution in [-0.2, 0) is 14.8 Å². The molecule has 2 aromatic carbocycles. The first kappa shape index (κ1) is 19.3. The molecule has 0 radical (unpaired) electrons. The van der Waals surface area contributed by atoms with Crippen LogP contribution in [0.1, 0.15) is 18.1 Å². The molecule has 0 aliphatic heterocycles. The van der Waals surface area contributed by atoms with E-state index in [2.05, 4.69) is 5.32 Å². The van der Waals surface area contributed by atoms with Crippen molar-refractivity contribution < 1.29 is 13.2 Å². The SMILES string of the molecule is Cc1ccc(NC(=O)C(C)N(c2ccc(Cl)cc2)S(C)(=O)=O)c(C)c1. The molecule has 0 saturated carbocycles. The molecule has 25 heavy (non-hydrogen) atoms. The summed E-state index contributed by atoms with van der Waals surface area (Å²) in [7, 11) is -3.65. The van der Waals surface area contributed by atoms with Crippen molar-refractivity contribution in [2.24, 2.45) is 0 Å². The number of nitrogens with one attached hydrogen (secondary N) is 1. The number of sulfonamides is 1. The van der Waals surface area contributed by atoms with Crippen LogP contribution in [0.3, 0.4) is 0 Å². The number of anilines is 2. The van der Waals surface area contributed by atoms with E-state index in [1.807, 2.05) is 32.0 Å². The van der Waals surface area contributed by atoms with Gasteiger partial charge in [0.05, 0.1) is 11.9 Å². The second-order valence-electron chi connectivity index (χ2n) is 6.02. The van der Waals surface area contributed by atoms with Gasteiger partial charge in [0.1, 0.15) is 6.04 Å². The zero-order valence-electron chi connectivity index (χ0n) is 14.6. The predicted molar refractivity (Wildman–Crippen MR) is 103 cm³/mol. The number of amides is 1. The van der Waals surface area contributed by atoms with Crippen LogP contribution in [0.15, 0.2) is 42.5 Å². The lowest BCUT2D eigenvalue weighted by atomic mass is 10.1. The van der Waals surface area contributed by atoms with Gasteiger partial charge in [-0.1, -0.05) is 29.3 Å². The van der Waals surface area contributed by atoms with Crippen molar-refractivity contribution in [2.75, 3.05) is 15.9 Å². The number of halogens is 1. The van der Waals surface area contributed by atoms with Crippen molar-refractivity contribution in [2.45, 2.75) is 26.8 Å².